The van der Waals surface area contributed by atoms with Gasteiger partial charge in [0.2, 0.25) is 5.91 Å². The number of carbonyl (C=O) groups is 2. The number of methoxy groups -OCH3 is 1. The predicted octanol–water partition coefficient (Wildman–Crippen LogP) is 2.38. The van der Waals surface area contributed by atoms with Crippen molar-refractivity contribution in [3.05, 3.63) is 29.5 Å². The number of likely N-dealkylation sites (tertiary alicyclic amines) is 1. The fraction of sp³-hybridized carbons (Fsp3) is 0.500. The van der Waals surface area contributed by atoms with Crippen LogP contribution in [-0.2, 0) is 11.8 Å². The number of aromatic nitrogens is 1. The van der Waals surface area contributed by atoms with Crippen molar-refractivity contribution >= 4 is 22.7 Å². The van der Waals surface area contributed by atoms with Gasteiger partial charge in [-0.05, 0) is 50.8 Å². The molecule has 138 valence electrons. The second kappa shape index (κ2) is 6.04. The number of fused-ring (bicyclic) bond motifs is 1. The summed E-state index contributed by atoms with van der Waals surface area (Å²) in [4.78, 5) is 28.1. The topological polar surface area (TPSA) is 63.6 Å². The van der Waals surface area contributed by atoms with Crippen molar-refractivity contribution in [2.24, 2.45) is 7.05 Å². The van der Waals surface area contributed by atoms with Crippen molar-refractivity contribution < 1.29 is 14.3 Å². The number of aryl methyl sites for hydroxylation is 1. The molecule has 1 spiro atoms. The Morgan fingerprint density at radius 2 is 2.04 bits per heavy atom. The first-order valence-electron chi connectivity index (χ1n) is 9.23. The lowest BCUT2D eigenvalue weighted by molar-refractivity contribution is -0.133. The molecular weight excluding hydrogens is 330 g/mol. The monoisotopic (exact) mass is 355 g/mol. The van der Waals surface area contributed by atoms with Crippen molar-refractivity contribution in [1.82, 2.24) is 14.8 Å². The van der Waals surface area contributed by atoms with E-state index in [0.717, 1.165) is 48.0 Å². The van der Waals surface area contributed by atoms with Crippen molar-refractivity contribution in [2.45, 2.75) is 38.1 Å². The Bertz CT molecular complexity index is 901. The molecule has 1 atom stereocenters. The van der Waals surface area contributed by atoms with Crippen molar-refractivity contribution in [3.8, 4) is 5.75 Å². The van der Waals surface area contributed by atoms with E-state index in [1.807, 2.05) is 41.6 Å². The van der Waals surface area contributed by atoms with Gasteiger partial charge in [0.05, 0.1) is 12.7 Å². The van der Waals surface area contributed by atoms with Crippen LogP contribution in [0.2, 0.25) is 0 Å². The number of nitrogens with zero attached hydrogens (tertiary/aromatic N) is 2. The summed E-state index contributed by atoms with van der Waals surface area (Å²) in [5.74, 6) is 0.685. The van der Waals surface area contributed by atoms with Gasteiger partial charge in [-0.15, -0.1) is 0 Å². The molecule has 2 aromatic rings. The largest absolute Gasteiger partial charge is 0.497 e. The molecule has 2 saturated heterocycles. The zero-order valence-electron chi connectivity index (χ0n) is 15.6. The van der Waals surface area contributed by atoms with E-state index >= 15 is 0 Å². The highest BCUT2D eigenvalue weighted by Gasteiger charge is 2.51. The summed E-state index contributed by atoms with van der Waals surface area (Å²) in [6.07, 6.45) is 3.28. The molecule has 2 aliphatic heterocycles. The van der Waals surface area contributed by atoms with Gasteiger partial charge in [-0.3, -0.25) is 9.59 Å². The average Bonchev–Trinajstić information content (AvgIpc) is 3.17. The van der Waals surface area contributed by atoms with Crippen LogP contribution >= 0.6 is 0 Å². The fourth-order valence-corrected chi connectivity index (χ4v) is 4.61. The van der Waals surface area contributed by atoms with E-state index in [-0.39, 0.29) is 11.8 Å². The predicted molar refractivity (Wildman–Crippen MR) is 99.5 cm³/mol. The summed E-state index contributed by atoms with van der Waals surface area (Å²) in [5.41, 5.74) is 1.91. The van der Waals surface area contributed by atoms with Crippen molar-refractivity contribution in [2.75, 3.05) is 20.2 Å². The van der Waals surface area contributed by atoms with Crippen LogP contribution in [0.15, 0.2) is 18.2 Å². The van der Waals surface area contributed by atoms with Gasteiger partial charge < -0.3 is 19.5 Å². The normalized spacial score (nSPS) is 22.9. The third kappa shape index (κ3) is 2.24. The molecule has 2 aliphatic rings. The second-order valence-corrected chi connectivity index (χ2v) is 7.35. The minimum absolute atomic E-state index is 0.00469. The Balaban J connectivity index is 1.83. The molecule has 0 radical (unpaired) electrons. The van der Waals surface area contributed by atoms with E-state index < -0.39 is 5.54 Å². The van der Waals surface area contributed by atoms with Gasteiger partial charge in [-0.1, -0.05) is 0 Å². The molecule has 2 amide bonds. The maximum absolute atomic E-state index is 13.6. The number of benzene rings is 1. The molecule has 1 aromatic carbocycles. The average molecular weight is 355 g/mol. The molecule has 26 heavy (non-hydrogen) atoms. The van der Waals surface area contributed by atoms with Crippen LogP contribution in [-0.4, -0.2) is 47.0 Å². The smallest absolute Gasteiger partial charge is 0.257 e. The molecule has 2 fully saturated rings. The van der Waals surface area contributed by atoms with Crippen molar-refractivity contribution in [1.29, 1.82) is 0 Å². The Kier molecular flexibility index (Phi) is 3.93. The van der Waals surface area contributed by atoms with Crippen LogP contribution in [0.5, 0.6) is 5.75 Å². The number of nitrogens with one attached hydrogen (secondary N) is 1. The van der Waals surface area contributed by atoms with E-state index in [1.165, 1.54) is 0 Å². The van der Waals surface area contributed by atoms with E-state index in [2.05, 4.69) is 5.32 Å². The van der Waals surface area contributed by atoms with E-state index in [1.54, 1.807) is 7.11 Å². The lowest BCUT2D eigenvalue weighted by Gasteiger charge is -2.40. The number of hydrogen-bond acceptors (Lipinski definition) is 3. The SMILES string of the molecule is COc1ccc2c(c1)c(C(=O)N1CCCC13CCCNC3=O)c(C)n2C. The standard InChI is InChI=1S/C20H25N3O3/c1-13-17(15-12-14(26-3)6-7-16(15)22(13)2)18(24)23-11-5-9-20(23)8-4-10-21-19(20)25/h6-7,12H,4-5,8-11H2,1-3H3,(H,21,25). The van der Waals surface area contributed by atoms with E-state index in [0.29, 0.717) is 18.7 Å². The molecule has 0 aliphatic carbocycles. The minimum Gasteiger partial charge on any atom is -0.497 e. The number of ether oxygens (including phenoxy) is 1. The number of amides is 2. The molecule has 1 unspecified atom stereocenters. The highest BCUT2D eigenvalue weighted by molar-refractivity contribution is 6.10. The van der Waals surface area contributed by atoms with Gasteiger partial charge in [0.25, 0.3) is 5.91 Å². The second-order valence-electron chi connectivity index (χ2n) is 7.35. The molecule has 0 bridgehead atoms. The van der Waals surface area contributed by atoms with Crippen LogP contribution in [0.3, 0.4) is 0 Å². The van der Waals surface area contributed by atoms with Crippen molar-refractivity contribution in [3.63, 3.8) is 0 Å². The summed E-state index contributed by atoms with van der Waals surface area (Å²) in [6.45, 7) is 3.29. The molecule has 3 heterocycles. The first kappa shape index (κ1) is 16.9. The highest BCUT2D eigenvalue weighted by atomic mass is 16.5. The highest BCUT2D eigenvalue weighted by Crippen LogP contribution is 2.39. The lowest BCUT2D eigenvalue weighted by atomic mass is 9.86. The quantitative estimate of drug-likeness (QED) is 0.900. The van der Waals surface area contributed by atoms with Gasteiger partial charge in [-0.25, -0.2) is 0 Å². The number of piperidine rings is 1. The summed E-state index contributed by atoms with van der Waals surface area (Å²) >= 11 is 0. The Morgan fingerprint density at radius 1 is 1.27 bits per heavy atom. The molecule has 6 nitrogen and oxygen atoms in total. The van der Waals surface area contributed by atoms with Crippen LogP contribution in [0, 0.1) is 6.92 Å². The third-order valence-corrected chi connectivity index (χ3v) is 6.12. The zero-order valence-corrected chi connectivity index (χ0v) is 15.6. The summed E-state index contributed by atoms with van der Waals surface area (Å²) < 4.78 is 7.39. The molecule has 6 heteroatoms. The number of carbonyl (C=O) groups excluding carboxylic acids is 2. The van der Waals surface area contributed by atoms with Crippen LogP contribution in [0.4, 0.5) is 0 Å². The summed E-state index contributed by atoms with van der Waals surface area (Å²) in [5, 5.41) is 3.85. The summed E-state index contributed by atoms with van der Waals surface area (Å²) in [6, 6.07) is 5.80. The molecule has 0 saturated carbocycles. The lowest BCUT2D eigenvalue weighted by Crippen LogP contribution is -2.60. The van der Waals surface area contributed by atoms with E-state index in [9.17, 15) is 9.59 Å². The van der Waals surface area contributed by atoms with Crippen LogP contribution in [0.25, 0.3) is 10.9 Å². The maximum atomic E-state index is 13.6. The summed E-state index contributed by atoms with van der Waals surface area (Å²) in [7, 11) is 3.59. The number of hydrogen-bond donors (Lipinski definition) is 1. The molecule has 1 N–H and O–H groups in total. The maximum Gasteiger partial charge on any atom is 0.257 e. The Labute approximate surface area is 153 Å². The molecule has 4 rings (SSSR count). The fourth-order valence-electron chi connectivity index (χ4n) is 4.61. The van der Waals surface area contributed by atoms with Gasteiger partial charge in [-0.2, -0.15) is 0 Å². The Morgan fingerprint density at radius 3 is 2.77 bits per heavy atom. The van der Waals surface area contributed by atoms with Gasteiger partial charge in [0.1, 0.15) is 11.3 Å². The molecular formula is C20H25N3O3. The third-order valence-electron chi connectivity index (χ3n) is 6.12. The van der Waals surface area contributed by atoms with Crippen LogP contribution in [0.1, 0.15) is 41.7 Å². The van der Waals surface area contributed by atoms with Gasteiger partial charge >= 0.3 is 0 Å². The van der Waals surface area contributed by atoms with Crippen LogP contribution < -0.4 is 10.1 Å². The van der Waals surface area contributed by atoms with Gasteiger partial charge in [0, 0.05) is 36.7 Å². The number of rotatable bonds is 2. The minimum atomic E-state index is -0.678. The first-order chi connectivity index (χ1) is 12.5. The Hall–Kier alpha value is -2.50. The van der Waals surface area contributed by atoms with Gasteiger partial charge in [0.15, 0.2) is 0 Å². The first-order valence-corrected chi connectivity index (χ1v) is 9.23. The zero-order chi connectivity index (χ0) is 18.5. The van der Waals surface area contributed by atoms with E-state index in [4.69, 9.17) is 4.74 Å². The molecule has 1 aromatic heterocycles.